The zero-order valence-corrected chi connectivity index (χ0v) is 12.8. The molecule has 0 aliphatic rings. The molecule has 1 amide bonds. The first-order chi connectivity index (χ1) is 10.6. The van der Waals surface area contributed by atoms with Crippen molar-refractivity contribution in [2.24, 2.45) is 0 Å². The van der Waals surface area contributed by atoms with Crippen LogP contribution in [0.3, 0.4) is 0 Å². The predicted octanol–water partition coefficient (Wildman–Crippen LogP) is 1.61. The summed E-state index contributed by atoms with van der Waals surface area (Å²) in [6.45, 7) is 4.25. The Hall–Kier alpha value is -2.50. The highest BCUT2D eigenvalue weighted by atomic mass is 16.1. The fourth-order valence-corrected chi connectivity index (χ4v) is 2.06. The molecule has 2 heterocycles. The molecule has 116 valence electrons. The topological polar surface area (TPSA) is 76.9 Å². The van der Waals surface area contributed by atoms with E-state index in [4.69, 9.17) is 0 Å². The first-order valence-electron chi connectivity index (χ1n) is 7.34. The summed E-state index contributed by atoms with van der Waals surface area (Å²) in [7, 11) is 0. The Bertz CT molecular complexity index is 680. The molecule has 6 heteroatoms. The number of hydrogen-bond acceptors (Lipinski definition) is 4. The van der Waals surface area contributed by atoms with Gasteiger partial charge in [0.15, 0.2) is 0 Å². The highest BCUT2D eigenvalue weighted by Crippen LogP contribution is 2.12. The Morgan fingerprint density at radius 1 is 1.32 bits per heavy atom. The van der Waals surface area contributed by atoms with Crippen molar-refractivity contribution in [1.82, 2.24) is 20.1 Å². The van der Waals surface area contributed by atoms with Gasteiger partial charge >= 0.3 is 0 Å². The molecule has 0 unspecified atom stereocenters. The summed E-state index contributed by atoms with van der Waals surface area (Å²) < 4.78 is 1.39. The smallest absolute Gasteiger partial charge is 0.266 e. The van der Waals surface area contributed by atoms with Gasteiger partial charge in [0.2, 0.25) is 5.91 Å². The van der Waals surface area contributed by atoms with Crippen molar-refractivity contribution in [3.05, 3.63) is 47.0 Å². The van der Waals surface area contributed by atoms with Crippen molar-refractivity contribution in [2.75, 3.05) is 0 Å². The third-order valence-corrected chi connectivity index (χ3v) is 3.05. The van der Waals surface area contributed by atoms with Crippen LogP contribution in [0.5, 0.6) is 0 Å². The second kappa shape index (κ2) is 7.49. The minimum Gasteiger partial charge on any atom is -0.354 e. The summed E-state index contributed by atoms with van der Waals surface area (Å²) in [5.41, 5.74) is 1.38. The second-order valence-electron chi connectivity index (χ2n) is 5.35. The van der Waals surface area contributed by atoms with Crippen molar-refractivity contribution in [1.29, 1.82) is 0 Å². The standard InChI is InChI=1S/C16H20N4O2/c1-12(2)18-15(21)6-4-10-20-16(22)8-7-14(19-20)13-5-3-9-17-11-13/h3,5,7-9,11-12H,4,6,10H2,1-2H3,(H,18,21). The average Bonchev–Trinajstić information content (AvgIpc) is 2.49. The van der Waals surface area contributed by atoms with Crippen LogP contribution >= 0.6 is 0 Å². The summed E-state index contributed by atoms with van der Waals surface area (Å²) >= 11 is 0. The van der Waals surface area contributed by atoms with Crippen molar-refractivity contribution < 1.29 is 4.79 Å². The Morgan fingerprint density at radius 2 is 2.14 bits per heavy atom. The van der Waals surface area contributed by atoms with Crippen molar-refractivity contribution in [3.63, 3.8) is 0 Å². The highest BCUT2D eigenvalue weighted by Gasteiger charge is 2.06. The monoisotopic (exact) mass is 300 g/mol. The molecule has 0 aliphatic carbocycles. The Balaban J connectivity index is 2.02. The van der Waals surface area contributed by atoms with Crippen LogP contribution in [0.2, 0.25) is 0 Å². The third kappa shape index (κ3) is 4.51. The minimum absolute atomic E-state index is 0.00790. The summed E-state index contributed by atoms with van der Waals surface area (Å²) in [6.07, 6.45) is 4.34. The van der Waals surface area contributed by atoms with Crippen LogP contribution in [0.1, 0.15) is 26.7 Å². The summed E-state index contributed by atoms with van der Waals surface area (Å²) in [6, 6.07) is 7.01. The lowest BCUT2D eigenvalue weighted by Gasteiger charge is -2.09. The molecular formula is C16H20N4O2. The summed E-state index contributed by atoms with van der Waals surface area (Å²) in [5, 5.41) is 7.16. The van der Waals surface area contributed by atoms with Crippen LogP contribution < -0.4 is 10.9 Å². The van der Waals surface area contributed by atoms with Crippen molar-refractivity contribution >= 4 is 5.91 Å². The van der Waals surface area contributed by atoms with Crippen molar-refractivity contribution in [3.8, 4) is 11.3 Å². The van der Waals surface area contributed by atoms with Crippen LogP contribution in [0, 0.1) is 0 Å². The maximum absolute atomic E-state index is 11.8. The van der Waals surface area contributed by atoms with Crippen LogP contribution in [0.15, 0.2) is 41.5 Å². The Kier molecular flexibility index (Phi) is 5.41. The van der Waals surface area contributed by atoms with Crippen molar-refractivity contribution in [2.45, 2.75) is 39.3 Å². The van der Waals surface area contributed by atoms with Gasteiger partial charge in [0, 0.05) is 43.0 Å². The molecule has 2 aromatic heterocycles. The van der Waals surface area contributed by atoms with E-state index in [0.717, 1.165) is 5.56 Å². The summed E-state index contributed by atoms with van der Waals surface area (Å²) in [4.78, 5) is 27.5. The van der Waals surface area contributed by atoms with Crippen LogP contribution in [-0.4, -0.2) is 26.7 Å². The van der Waals surface area contributed by atoms with Gasteiger partial charge < -0.3 is 5.32 Å². The third-order valence-electron chi connectivity index (χ3n) is 3.05. The van der Waals surface area contributed by atoms with Gasteiger partial charge in [-0.2, -0.15) is 5.10 Å². The number of nitrogens with one attached hydrogen (secondary N) is 1. The van der Waals surface area contributed by atoms with Gasteiger partial charge in [0.1, 0.15) is 0 Å². The first-order valence-corrected chi connectivity index (χ1v) is 7.34. The Labute approximate surface area is 129 Å². The number of carbonyl (C=O) groups excluding carboxylic acids is 1. The number of pyridine rings is 1. The highest BCUT2D eigenvalue weighted by molar-refractivity contribution is 5.76. The molecule has 22 heavy (non-hydrogen) atoms. The lowest BCUT2D eigenvalue weighted by atomic mass is 10.2. The normalized spacial score (nSPS) is 10.7. The van der Waals surface area contributed by atoms with Crippen LogP contribution in [0.4, 0.5) is 0 Å². The average molecular weight is 300 g/mol. The van der Waals surface area contributed by atoms with E-state index in [1.807, 2.05) is 26.0 Å². The molecular weight excluding hydrogens is 280 g/mol. The van der Waals surface area contributed by atoms with E-state index in [1.165, 1.54) is 10.7 Å². The molecule has 0 radical (unpaired) electrons. The van der Waals surface area contributed by atoms with Gasteiger partial charge in [-0.25, -0.2) is 4.68 Å². The molecule has 6 nitrogen and oxygen atoms in total. The number of aromatic nitrogens is 3. The zero-order chi connectivity index (χ0) is 15.9. The van der Waals surface area contributed by atoms with E-state index in [-0.39, 0.29) is 17.5 Å². The molecule has 2 rings (SSSR count). The molecule has 2 aromatic rings. The van der Waals surface area contributed by atoms with E-state index in [0.29, 0.717) is 25.1 Å². The number of nitrogens with zero attached hydrogens (tertiary/aromatic N) is 3. The van der Waals surface area contributed by atoms with E-state index >= 15 is 0 Å². The van der Waals surface area contributed by atoms with E-state index in [9.17, 15) is 9.59 Å². The fourth-order valence-electron chi connectivity index (χ4n) is 2.06. The molecule has 0 atom stereocenters. The maximum Gasteiger partial charge on any atom is 0.266 e. The van der Waals surface area contributed by atoms with Crippen LogP contribution in [0.25, 0.3) is 11.3 Å². The number of amides is 1. The van der Waals surface area contributed by atoms with Gasteiger partial charge in [0.25, 0.3) is 5.56 Å². The lowest BCUT2D eigenvalue weighted by molar-refractivity contribution is -0.121. The molecule has 0 spiro atoms. The van der Waals surface area contributed by atoms with E-state index in [2.05, 4.69) is 15.4 Å². The van der Waals surface area contributed by atoms with Crippen LogP contribution in [-0.2, 0) is 11.3 Å². The maximum atomic E-state index is 11.8. The molecule has 0 saturated heterocycles. The lowest BCUT2D eigenvalue weighted by Crippen LogP contribution is -2.30. The van der Waals surface area contributed by atoms with Gasteiger partial charge in [-0.15, -0.1) is 0 Å². The number of aryl methyl sites for hydroxylation is 1. The predicted molar refractivity (Wildman–Crippen MR) is 84.2 cm³/mol. The minimum atomic E-state index is -0.170. The molecule has 0 fully saturated rings. The van der Waals surface area contributed by atoms with E-state index in [1.54, 1.807) is 18.5 Å². The SMILES string of the molecule is CC(C)NC(=O)CCCn1nc(-c2cccnc2)ccc1=O. The number of rotatable bonds is 6. The number of carbonyl (C=O) groups is 1. The van der Waals surface area contributed by atoms with Gasteiger partial charge in [0.05, 0.1) is 5.69 Å². The summed E-state index contributed by atoms with van der Waals surface area (Å²) in [5.74, 6) is -0.00790. The molecule has 0 saturated carbocycles. The molecule has 0 aliphatic heterocycles. The second-order valence-corrected chi connectivity index (χ2v) is 5.35. The van der Waals surface area contributed by atoms with E-state index < -0.39 is 0 Å². The molecule has 0 bridgehead atoms. The van der Waals surface area contributed by atoms with Gasteiger partial charge in [-0.1, -0.05) is 0 Å². The Morgan fingerprint density at radius 3 is 2.82 bits per heavy atom. The fraction of sp³-hybridized carbons (Fsp3) is 0.375. The quantitative estimate of drug-likeness (QED) is 0.879. The first kappa shape index (κ1) is 15.9. The largest absolute Gasteiger partial charge is 0.354 e. The van der Waals surface area contributed by atoms with Gasteiger partial charge in [-0.05, 0) is 38.5 Å². The molecule has 0 aromatic carbocycles. The molecule has 1 N–H and O–H groups in total. The zero-order valence-electron chi connectivity index (χ0n) is 12.8. The number of hydrogen-bond donors (Lipinski definition) is 1. The van der Waals surface area contributed by atoms with Gasteiger partial charge in [-0.3, -0.25) is 14.6 Å².